The molecule has 106 valence electrons. The third-order valence-electron chi connectivity index (χ3n) is 3.68. The fourth-order valence-electron chi connectivity index (χ4n) is 2.80. The first kappa shape index (κ1) is 15.4. The van der Waals surface area contributed by atoms with Crippen LogP contribution >= 0.6 is 0 Å². The van der Waals surface area contributed by atoms with E-state index in [0.29, 0.717) is 32.2 Å². The number of hydrogen-bond donors (Lipinski definition) is 1. The smallest absolute Gasteiger partial charge is 0.223 e. The minimum atomic E-state index is 0.247. The van der Waals surface area contributed by atoms with E-state index in [1.165, 1.54) is 19.3 Å². The van der Waals surface area contributed by atoms with E-state index in [-0.39, 0.29) is 11.8 Å². The zero-order valence-electron chi connectivity index (χ0n) is 11.9. The van der Waals surface area contributed by atoms with Crippen molar-refractivity contribution in [1.82, 2.24) is 4.90 Å². The van der Waals surface area contributed by atoms with Crippen LogP contribution in [0.15, 0.2) is 0 Å². The Morgan fingerprint density at radius 3 is 2.61 bits per heavy atom. The van der Waals surface area contributed by atoms with Crippen molar-refractivity contribution in [2.75, 3.05) is 26.8 Å². The second kappa shape index (κ2) is 8.48. The summed E-state index contributed by atoms with van der Waals surface area (Å²) in [5, 5.41) is 0. The highest BCUT2D eigenvalue weighted by atomic mass is 16.5. The molecule has 1 saturated carbocycles. The van der Waals surface area contributed by atoms with Crippen LogP contribution in [0, 0.1) is 5.92 Å². The molecule has 1 unspecified atom stereocenters. The van der Waals surface area contributed by atoms with Crippen molar-refractivity contribution in [2.45, 2.75) is 51.5 Å². The van der Waals surface area contributed by atoms with Crippen molar-refractivity contribution in [3.05, 3.63) is 0 Å². The Morgan fingerprint density at radius 1 is 1.39 bits per heavy atom. The lowest BCUT2D eigenvalue weighted by atomic mass is 9.93. The first-order valence-electron chi connectivity index (χ1n) is 7.17. The van der Waals surface area contributed by atoms with E-state index in [0.717, 1.165) is 12.8 Å². The second-order valence-electron chi connectivity index (χ2n) is 5.43. The number of carbonyl (C=O) groups is 1. The minimum Gasteiger partial charge on any atom is -0.384 e. The molecule has 0 spiro atoms. The molecule has 1 fully saturated rings. The third kappa shape index (κ3) is 4.94. The second-order valence-corrected chi connectivity index (χ2v) is 5.43. The highest BCUT2D eigenvalue weighted by molar-refractivity contribution is 5.76. The largest absolute Gasteiger partial charge is 0.384 e. The summed E-state index contributed by atoms with van der Waals surface area (Å²) in [6, 6.07) is 0.421. The summed E-state index contributed by atoms with van der Waals surface area (Å²) >= 11 is 0. The van der Waals surface area contributed by atoms with Crippen LogP contribution in [0.4, 0.5) is 0 Å². The lowest BCUT2D eigenvalue weighted by Gasteiger charge is -2.34. The molecule has 0 saturated heterocycles. The normalized spacial score (nSPS) is 18.6. The fraction of sp³-hybridized carbons (Fsp3) is 0.929. The van der Waals surface area contributed by atoms with Crippen LogP contribution in [0.3, 0.4) is 0 Å². The number of carbonyl (C=O) groups excluding carboxylic acids is 1. The van der Waals surface area contributed by atoms with E-state index >= 15 is 0 Å². The molecular formula is C14H28N2O2. The molecule has 0 aromatic carbocycles. The molecule has 2 N–H and O–H groups in total. The van der Waals surface area contributed by atoms with Crippen molar-refractivity contribution in [2.24, 2.45) is 11.7 Å². The van der Waals surface area contributed by atoms with Gasteiger partial charge in [0.25, 0.3) is 0 Å². The molecule has 0 bridgehead atoms. The van der Waals surface area contributed by atoms with Crippen LogP contribution in [0.5, 0.6) is 0 Å². The van der Waals surface area contributed by atoms with Gasteiger partial charge in [0.2, 0.25) is 5.91 Å². The SMILES string of the molecule is COCC(C)CC(=O)N(CCN)C1CCCCC1. The summed E-state index contributed by atoms with van der Waals surface area (Å²) in [6.07, 6.45) is 6.65. The predicted molar refractivity (Wildman–Crippen MR) is 73.3 cm³/mol. The molecule has 4 nitrogen and oxygen atoms in total. The van der Waals surface area contributed by atoms with Gasteiger partial charge in [-0.25, -0.2) is 0 Å². The van der Waals surface area contributed by atoms with Crippen molar-refractivity contribution in [1.29, 1.82) is 0 Å². The molecule has 0 radical (unpaired) electrons. The average Bonchev–Trinajstić information content (AvgIpc) is 2.37. The fourth-order valence-corrected chi connectivity index (χ4v) is 2.80. The Hall–Kier alpha value is -0.610. The highest BCUT2D eigenvalue weighted by Crippen LogP contribution is 2.23. The molecule has 0 aromatic heterocycles. The van der Waals surface area contributed by atoms with Crippen LogP contribution in [0.25, 0.3) is 0 Å². The van der Waals surface area contributed by atoms with Gasteiger partial charge < -0.3 is 15.4 Å². The average molecular weight is 256 g/mol. The van der Waals surface area contributed by atoms with Gasteiger partial charge in [-0.05, 0) is 18.8 Å². The Balaban J connectivity index is 2.50. The zero-order valence-corrected chi connectivity index (χ0v) is 11.9. The van der Waals surface area contributed by atoms with E-state index in [1.807, 2.05) is 4.90 Å². The van der Waals surface area contributed by atoms with Crippen molar-refractivity contribution >= 4 is 5.91 Å². The molecule has 1 aliphatic carbocycles. The number of amides is 1. The first-order valence-corrected chi connectivity index (χ1v) is 7.17. The molecule has 1 rings (SSSR count). The Labute approximate surface area is 111 Å². The summed E-state index contributed by atoms with van der Waals surface area (Å²) in [7, 11) is 1.68. The van der Waals surface area contributed by atoms with Crippen LogP contribution in [0.2, 0.25) is 0 Å². The number of methoxy groups -OCH3 is 1. The van der Waals surface area contributed by atoms with E-state index in [4.69, 9.17) is 10.5 Å². The molecule has 1 amide bonds. The zero-order chi connectivity index (χ0) is 13.4. The molecule has 18 heavy (non-hydrogen) atoms. The van der Waals surface area contributed by atoms with Crippen molar-refractivity contribution in [3.63, 3.8) is 0 Å². The van der Waals surface area contributed by atoms with Crippen LogP contribution < -0.4 is 5.73 Å². The van der Waals surface area contributed by atoms with Gasteiger partial charge in [-0.3, -0.25) is 4.79 Å². The summed E-state index contributed by atoms with van der Waals surface area (Å²) in [5.41, 5.74) is 5.64. The first-order chi connectivity index (χ1) is 8.69. The molecule has 4 heteroatoms. The predicted octanol–water partition coefficient (Wildman–Crippen LogP) is 1.78. The topological polar surface area (TPSA) is 55.6 Å². The molecule has 0 aromatic rings. The Morgan fingerprint density at radius 2 is 2.06 bits per heavy atom. The molecule has 1 aliphatic rings. The van der Waals surface area contributed by atoms with E-state index in [1.54, 1.807) is 7.11 Å². The van der Waals surface area contributed by atoms with E-state index < -0.39 is 0 Å². The summed E-state index contributed by atoms with van der Waals surface area (Å²) < 4.78 is 5.09. The van der Waals surface area contributed by atoms with Gasteiger partial charge in [0.15, 0.2) is 0 Å². The minimum absolute atomic E-state index is 0.247. The summed E-state index contributed by atoms with van der Waals surface area (Å²) in [5.74, 6) is 0.531. The van der Waals surface area contributed by atoms with E-state index in [9.17, 15) is 4.79 Å². The van der Waals surface area contributed by atoms with Gasteiger partial charge in [0.1, 0.15) is 0 Å². The quantitative estimate of drug-likeness (QED) is 0.755. The lowest BCUT2D eigenvalue weighted by molar-refractivity contribution is -0.135. The number of hydrogen-bond acceptors (Lipinski definition) is 3. The highest BCUT2D eigenvalue weighted by Gasteiger charge is 2.25. The van der Waals surface area contributed by atoms with Crippen LogP contribution in [0.1, 0.15) is 45.4 Å². The van der Waals surface area contributed by atoms with Gasteiger partial charge in [-0.15, -0.1) is 0 Å². The Bertz CT molecular complexity index is 240. The summed E-state index contributed by atoms with van der Waals surface area (Å²) in [6.45, 7) is 3.96. The number of nitrogens with two attached hydrogens (primary N) is 1. The number of ether oxygens (including phenoxy) is 1. The lowest BCUT2D eigenvalue weighted by Crippen LogP contribution is -2.44. The van der Waals surface area contributed by atoms with Gasteiger partial charge in [-0.1, -0.05) is 26.2 Å². The Kier molecular flexibility index (Phi) is 7.28. The van der Waals surface area contributed by atoms with Crippen LogP contribution in [-0.4, -0.2) is 43.7 Å². The van der Waals surface area contributed by atoms with Gasteiger partial charge in [0.05, 0.1) is 0 Å². The van der Waals surface area contributed by atoms with Crippen molar-refractivity contribution in [3.8, 4) is 0 Å². The molecule has 0 aliphatic heterocycles. The van der Waals surface area contributed by atoms with E-state index in [2.05, 4.69) is 6.92 Å². The van der Waals surface area contributed by atoms with Crippen molar-refractivity contribution < 1.29 is 9.53 Å². The van der Waals surface area contributed by atoms with Crippen LogP contribution in [-0.2, 0) is 9.53 Å². The van der Waals surface area contributed by atoms with Gasteiger partial charge in [0, 0.05) is 39.3 Å². The molecule has 1 atom stereocenters. The van der Waals surface area contributed by atoms with Gasteiger partial charge in [-0.2, -0.15) is 0 Å². The maximum atomic E-state index is 12.3. The molecular weight excluding hydrogens is 228 g/mol. The number of nitrogens with zero attached hydrogens (tertiary/aromatic N) is 1. The van der Waals surface area contributed by atoms with Gasteiger partial charge >= 0.3 is 0 Å². The molecule has 0 heterocycles. The maximum absolute atomic E-state index is 12.3. The maximum Gasteiger partial charge on any atom is 0.223 e. The third-order valence-corrected chi connectivity index (χ3v) is 3.68. The number of rotatable bonds is 7. The monoisotopic (exact) mass is 256 g/mol. The standard InChI is InChI=1S/C14H28N2O2/c1-12(11-18-2)10-14(17)16(9-8-15)13-6-4-3-5-7-13/h12-13H,3-11,15H2,1-2H3. The summed E-state index contributed by atoms with van der Waals surface area (Å²) in [4.78, 5) is 14.4.